The van der Waals surface area contributed by atoms with Crippen molar-refractivity contribution in [2.45, 2.75) is 0 Å². The van der Waals surface area contributed by atoms with Crippen LogP contribution in [0.25, 0.3) is 22.4 Å². The summed E-state index contributed by atoms with van der Waals surface area (Å²) < 4.78 is 0.868. The molecule has 6 nitrogen and oxygen atoms in total. The summed E-state index contributed by atoms with van der Waals surface area (Å²) in [7, 11) is 0. The minimum Gasteiger partial charge on any atom is -0.426 e. The number of non-ortho nitro benzene ring substituents is 1. The number of rotatable bonds is 2. The van der Waals surface area contributed by atoms with E-state index in [9.17, 15) is 15.3 Å². The van der Waals surface area contributed by atoms with E-state index in [4.69, 9.17) is 0 Å². The van der Waals surface area contributed by atoms with E-state index >= 15 is 0 Å². The van der Waals surface area contributed by atoms with E-state index in [0.29, 0.717) is 16.9 Å². The molecule has 4 rings (SSSR count). The Morgan fingerprint density at radius 3 is 2.26 bits per heavy atom. The highest BCUT2D eigenvalue weighted by Crippen LogP contribution is 2.26. The van der Waals surface area contributed by atoms with Gasteiger partial charge in [0.05, 0.1) is 10.4 Å². The van der Waals surface area contributed by atoms with Crippen LogP contribution in [0.1, 0.15) is 11.1 Å². The van der Waals surface area contributed by atoms with Crippen LogP contribution in [0, 0.1) is 22.0 Å². The first-order valence-electron chi connectivity index (χ1n) is 8.15. The molecule has 1 heterocycles. The van der Waals surface area contributed by atoms with Gasteiger partial charge in [-0.1, -0.05) is 30.0 Å². The number of hydrogen-bond acceptors (Lipinski definition) is 4. The summed E-state index contributed by atoms with van der Waals surface area (Å²) >= 11 is 0. The van der Waals surface area contributed by atoms with Crippen molar-refractivity contribution in [3.63, 3.8) is 0 Å². The molecule has 0 aliphatic rings. The third-order valence-electron chi connectivity index (χ3n) is 4.09. The highest BCUT2D eigenvalue weighted by molar-refractivity contribution is 5.82. The predicted molar refractivity (Wildman–Crippen MR) is 101 cm³/mol. The Kier molecular flexibility index (Phi) is 4.03. The molecule has 0 amide bonds. The maximum Gasteiger partial charge on any atom is 0.271 e. The minimum absolute atomic E-state index is 0.101. The summed E-state index contributed by atoms with van der Waals surface area (Å²) in [5.41, 5.74) is 3.11. The average molecular weight is 355 g/mol. The van der Waals surface area contributed by atoms with Gasteiger partial charge in [0.15, 0.2) is 5.82 Å². The molecule has 0 atom stereocenters. The molecule has 130 valence electrons. The molecule has 1 aromatic heterocycles. The summed E-state index contributed by atoms with van der Waals surface area (Å²) in [5.74, 6) is 6.48. The van der Waals surface area contributed by atoms with Crippen molar-refractivity contribution in [2.75, 3.05) is 0 Å². The zero-order valence-corrected chi connectivity index (χ0v) is 14.0. The fourth-order valence-corrected chi connectivity index (χ4v) is 2.72. The van der Waals surface area contributed by atoms with Crippen LogP contribution in [0.5, 0.6) is 0 Å². The molecular weight excluding hydrogens is 342 g/mol. The van der Waals surface area contributed by atoms with Gasteiger partial charge in [-0.3, -0.25) is 10.1 Å². The fraction of sp³-hybridized carbons (Fsp3) is 0. The van der Waals surface area contributed by atoms with Gasteiger partial charge in [-0.2, -0.15) is 4.73 Å². The second kappa shape index (κ2) is 6.65. The summed E-state index contributed by atoms with van der Waals surface area (Å²) in [6.45, 7) is 0. The molecule has 3 aromatic carbocycles. The Balaban J connectivity index is 1.67. The van der Waals surface area contributed by atoms with Gasteiger partial charge >= 0.3 is 0 Å². The zero-order valence-electron chi connectivity index (χ0n) is 14.0. The van der Waals surface area contributed by atoms with Crippen molar-refractivity contribution in [2.24, 2.45) is 0 Å². The van der Waals surface area contributed by atoms with Gasteiger partial charge in [-0.25, -0.2) is 4.98 Å². The van der Waals surface area contributed by atoms with Crippen LogP contribution in [-0.2, 0) is 0 Å². The molecule has 0 aliphatic carbocycles. The van der Waals surface area contributed by atoms with Crippen molar-refractivity contribution >= 4 is 16.7 Å². The average Bonchev–Trinajstić information content (AvgIpc) is 3.03. The number of fused-ring (bicyclic) bond motifs is 1. The molecule has 0 fully saturated rings. The molecular formula is C21H13N3O3. The van der Waals surface area contributed by atoms with Gasteiger partial charge in [0.1, 0.15) is 5.52 Å². The first-order chi connectivity index (χ1) is 13.1. The molecule has 0 unspecified atom stereocenters. The predicted octanol–water partition coefficient (Wildman–Crippen LogP) is 4.25. The van der Waals surface area contributed by atoms with E-state index in [0.717, 1.165) is 15.9 Å². The highest BCUT2D eigenvalue weighted by Gasteiger charge is 2.15. The lowest BCUT2D eigenvalue weighted by molar-refractivity contribution is -0.384. The molecule has 0 saturated carbocycles. The van der Waals surface area contributed by atoms with Gasteiger partial charge in [0.2, 0.25) is 0 Å². The lowest BCUT2D eigenvalue weighted by atomic mass is 10.1. The van der Waals surface area contributed by atoms with Crippen LogP contribution in [0.3, 0.4) is 0 Å². The molecule has 0 saturated heterocycles. The van der Waals surface area contributed by atoms with Crippen molar-refractivity contribution in [1.82, 2.24) is 9.71 Å². The molecule has 27 heavy (non-hydrogen) atoms. The Hall–Kier alpha value is -4.11. The number of nitro benzene ring substituents is 1. The van der Waals surface area contributed by atoms with Gasteiger partial charge < -0.3 is 5.21 Å². The second-order valence-corrected chi connectivity index (χ2v) is 5.87. The van der Waals surface area contributed by atoms with Crippen LogP contribution >= 0.6 is 0 Å². The minimum atomic E-state index is -0.508. The summed E-state index contributed by atoms with van der Waals surface area (Å²) in [6.07, 6.45) is 0. The Bertz CT molecular complexity index is 1200. The van der Waals surface area contributed by atoms with E-state index in [2.05, 4.69) is 16.8 Å². The Morgan fingerprint density at radius 2 is 1.59 bits per heavy atom. The van der Waals surface area contributed by atoms with Crippen molar-refractivity contribution < 1.29 is 10.1 Å². The number of hydrogen-bond donors (Lipinski definition) is 1. The Labute approximate surface area is 154 Å². The molecule has 0 spiro atoms. The summed E-state index contributed by atoms with van der Waals surface area (Å²) in [4.78, 5) is 14.8. The lowest BCUT2D eigenvalue weighted by Crippen LogP contribution is -1.95. The van der Waals surface area contributed by atoms with Crippen molar-refractivity contribution in [3.8, 4) is 23.2 Å². The van der Waals surface area contributed by atoms with Gasteiger partial charge in [-0.05, 0) is 42.5 Å². The third kappa shape index (κ3) is 3.22. The first kappa shape index (κ1) is 16.4. The molecule has 6 heteroatoms. The van der Waals surface area contributed by atoms with Gasteiger partial charge in [0.25, 0.3) is 5.69 Å². The number of imidazole rings is 1. The first-order valence-corrected chi connectivity index (χ1v) is 8.15. The number of nitro groups is 1. The molecule has 0 radical (unpaired) electrons. The van der Waals surface area contributed by atoms with E-state index in [1.54, 1.807) is 12.1 Å². The number of benzene rings is 3. The van der Waals surface area contributed by atoms with E-state index in [1.165, 1.54) is 18.2 Å². The summed E-state index contributed by atoms with van der Waals surface area (Å²) in [5, 5.41) is 21.3. The van der Waals surface area contributed by atoms with E-state index in [-0.39, 0.29) is 11.2 Å². The third-order valence-corrected chi connectivity index (χ3v) is 4.09. The summed E-state index contributed by atoms with van der Waals surface area (Å²) in [6, 6.07) is 21.1. The van der Waals surface area contributed by atoms with Crippen LogP contribution in [0.2, 0.25) is 0 Å². The topological polar surface area (TPSA) is 81.2 Å². The molecule has 0 aliphatic heterocycles. The van der Waals surface area contributed by atoms with E-state index in [1.807, 2.05) is 42.5 Å². The van der Waals surface area contributed by atoms with Crippen LogP contribution in [0.15, 0.2) is 72.8 Å². The van der Waals surface area contributed by atoms with E-state index < -0.39 is 4.92 Å². The standard InChI is InChI=1S/C21H13N3O3/c25-23-20-14-18(24(26)27)12-13-19(20)22-21(23)17-10-8-16(9-11-17)7-6-15-4-2-1-3-5-15/h1-5,8-14,25H. The van der Waals surface area contributed by atoms with Crippen LogP contribution < -0.4 is 0 Å². The SMILES string of the molecule is O=[N+]([O-])c1ccc2nc(-c3ccc(C#Cc4ccccc4)cc3)n(O)c2c1. The lowest BCUT2D eigenvalue weighted by Gasteiger charge is -2.01. The monoisotopic (exact) mass is 355 g/mol. The second-order valence-electron chi connectivity index (χ2n) is 5.87. The number of nitrogens with zero attached hydrogens (tertiary/aromatic N) is 3. The largest absolute Gasteiger partial charge is 0.426 e. The van der Waals surface area contributed by atoms with Crippen molar-refractivity contribution in [1.29, 1.82) is 0 Å². The normalized spacial score (nSPS) is 10.4. The zero-order chi connectivity index (χ0) is 18.8. The molecule has 4 aromatic rings. The quantitative estimate of drug-likeness (QED) is 0.252. The van der Waals surface area contributed by atoms with Crippen LogP contribution in [-0.4, -0.2) is 19.8 Å². The molecule has 0 bridgehead atoms. The smallest absolute Gasteiger partial charge is 0.271 e. The van der Waals surface area contributed by atoms with Gasteiger partial charge in [0, 0.05) is 28.8 Å². The van der Waals surface area contributed by atoms with Gasteiger partial charge in [-0.15, -0.1) is 0 Å². The van der Waals surface area contributed by atoms with Crippen molar-refractivity contribution in [3.05, 3.63) is 94.0 Å². The highest BCUT2D eigenvalue weighted by atomic mass is 16.6. The maximum atomic E-state index is 10.9. The fourth-order valence-electron chi connectivity index (χ4n) is 2.72. The molecule has 1 N–H and O–H groups in total. The Morgan fingerprint density at radius 1 is 0.926 bits per heavy atom. The van der Waals surface area contributed by atoms with Crippen LogP contribution in [0.4, 0.5) is 5.69 Å². The maximum absolute atomic E-state index is 10.9. The number of aromatic nitrogens is 2.